The predicted molar refractivity (Wildman–Crippen MR) is 80.6 cm³/mol. The molecule has 92 valence electrons. The van der Waals surface area contributed by atoms with Gasteiger partial charge < -0.3 is 4.42 Å². The number of aryl methyl sites for hydroxylation is 1. The molecule has 0 saturated carbocycles. The first kappa shape index (κ1) is 10.6. The van der Waals surface area contributed by atoms with Gasteiger partial charge in [-0.1, -0.05) is 55.5 Å². The standard InChI is InChI=1S/C18H14O/c1-2-12-7-5-9-15-16-11-10-13-6-3-4-8-14(13)18(16)19-17(12)15/h3-11H,2H2,1H3. The van der Waals surface area contributed by atoms with E-state index in [0.29, 0.717) is 0 Å². The van der Waals surface area contributed by atoms with Crippen LogP contribution < -0.4 is 0 Å². The Kier molecular flexibility index (Phi) is 2.16. The lowest BCUT2D eigenvalue weighted by atomic mass is 10.0. The molecule has 0 atom stereocenters. The highest BCUT2D eigenvalue weighted by molar-refractivity contribution is 6.15. The smallest absolute Gasteiger partial charge is 0.143 e. The molecule has 0 aliphatic heterocycles. The second-order valence-corrected chi connectivity index (χ2v) is 4.91. The van der Waals surface area contributed by atoms with Crippen molar-refractivity contribution in [1.82, 2.24) is 0 Å². The van der Waals surface area contributed by atoms with E-state index in [9.17, 15) is 0 Å². The van der Waals surface area contributed by atoms with Crippen molar-refractivity contribution in [3.63, 3.8) is 0 Å². The molecule has 0 bridgehead atoms. The van der Waals surface area contributed by atoms with Crippen LogP contribution >= 0.6 is 0 Å². The Morgan fingerprint density at radius 2 is 1.53 bits per heavy atom. The summed E-state index contributed by atoms with van der Waals surface area (Å²) in [4.78, 5) is 0. The van der Waals surface area contributed by atoms with E-state index in [-0.39, 0.29) is 0 Å². The molecule has 0 saturated heterocycles. The maximum absolute atomic E-state index is 6.19. The zero-order chi connectivity index (χ0) is 12.8. The van der Waals surface area contributed by atoms with E-state index in [1.807, 2.05) is 0 Å². The van der Waals surface area contributed by atoms with Gasteiger partial charge >= 0.3 is 0 Å². The molecule has 0 radical (unpaired) electrons. The van der Waals surface area contributed by atoms with Crippen LogP contribution in [0, 0.1) is 0 Å². The van der Waals surface area contributed by atoms with Crippen LogP contribution in [0.2, 0.25) is 0 Å². The molecule has 0 unspecified atom stereocenters. The average Bonchev–Trinajstić information content (AvgIpc) is 2.86. The van der Waals surface area contributed by atoms with Crippen LogP contribution in [0.5, 0.6) is 0 Å². The molecule has 0 amide bonds. The zero-order valence-corrected chi connectivity index (χ0v) is 10.8. The Morgan fingerprint density at radius 3 is 2.42 bits per heavy atom. The molecule has 0 aliphatic carbocycles. The van der Waals surface area contributed by atoms with Crippen molar-refractivity contribution in [2.75, 3.05) is 0 Å². The van der Waals surface area contributed by atoms with Crippen molar-refractivity contribution in [2.45, 2.75) is 13.3 Å². The second kappa shape index (κ2) is 3.86. The van der Waals surface area contributed by atoms with E-state index in [0.717, 1.165) is 17.6 Å². The fraction of sp³-hybridized carbons (Fsp3) is 0.111. The third-order valence-electron chi connectivity index (χ3n) is 3.85. The molecule has 1 aromatic heterocycles. The van der Waals surface area contributed by atoms with Gasteiger partial charge in [0.1, 0.15) is 11.2 Å². The van der Waals surface area contributed by atoms with E-state index >= 15 is 0 Å². The first-order chi connectivity index (χ1) is 9.38. The molecule has 1 heterocycles. The molecular formula is C18H14O. The Balaban J connectivity index is 2.27. The van der Waals surface area contributed by atoms with Crippen LogP contribution in [0.3, 0.4) is 0 Å². The van der Waals surface area contributed by atoms with Gasteiger partial charge in [-0.3, -0.25) is 0 Å². The van der Waals surface area contributed by atoms with Crippen molar-refractivity contribution in [3.05, 3.63) is 60.2 Å². The fourth-order valence-electron chi connectivity index (χ4n) is 2.86. The maximum Gasteiger partial charge on any atom is 0.143 e. The Labute approximate surface area is 111 Å². The lowest BCUT2D eigenvalue weighted by molar-refractivity contribution is 0.667. The van der Waals surface area contributed by atoms with Gasteiger partial charge in [0.2, 0.25) is 0 Å². The average molecular weight is 246 g/mol. The molecular weight excluding hydrogens is 232 g/mol. The first-order valence-corrected chi connectivity index (χ1v) is 6.70. The number of furan rings is 1. The van der Waals surface area contributed by atoms with E-state index in [1.165, 1.54) is 27.1 Å². The van der Waals surface area contributed by atoms with E-state index in [1.54, 1.807) is 0 Å². The summed E-state index contributed by atoms with van der Waals surface area (Å²) >= 11 is 0. The fourth-order valence-corrected chi connectivity index (χ4v) is 2.86. The number of rotatable bonds is 1. The van der Waals surface area contributed by atoms with Crippen LogP contribution in [0.15, 0.2) is 59.0 Å². The highest BCUT2D eigenvalue weighted by Gasteiger charge is 2.11. The Morgan fingerprint density at radius 1 is 0.737 bits per heavy atom. The third kappa shape index (κ3) is 1.42. The van der Waals surface area contributed by atoms with Gasteiger partial charge in [-0.05, 0) is 23.4 Å². The summed E-state index contributed by atoms with van der Waals surface area (Å²) in [5.74, 6) is 0. The van der Waals surface area contributed by atoms with Crippen molar-refractivity contribution in [2.24, 2.45) is 0 Å². The first-order valence-electron chi connectivity index (χ1n) is 6.70. The van der Waals surface area contributed by atoms with Gasteiger partial charge in [0.15, 0.2) is 0 Å². The van der Waals surface area contributed by atoms with E-state index in [4.69, 9.17) is 4.42 Å². The molecule has 0 N–H and O–H groups in total. The third-order valence-corrected chi connectivity index (χ3v) is 3.85. The minimum Gasteiger partial charge on any atom is -0.455 e. The number of hydrogen-bond donors (Lipinski definition) is 0. The molecule has 1 heteroatoms. The van der Waals surface area contributed by atoms with Gasteiger partial charge in [0, 0.05) is 16.2 Å². The van der Waals surface area contributed by atoms with Crippen LogP contribution in [-0.2, 0) is 6.42 Å². The van der Waals surface area contributed by atoms with Gasteiger partial charge in [0.05, 0.1) is 0 Å². The van der Waals surface area contributed by atoms with Gasteiger partial charge in [0.25, 0.3) is 0 Å². The van der Waals surface area contributed by atoms with Crippen LogP contribution in [0.4, 0.5) is 0 Å². The summed E-state index contributed by atoms with van der Waals surface area (Å²) in [5.41, 5.74) is 3.32. The van der Waals surface area contributed by atoms with Gasteiger partial charge in [-0.2, -0.15) is 0 Å². The summed E-state index contributed by atoms with van der Waals surface area (Å²) in [6.07, 6.45) is 0.995. The summed E-state index contributed by atoms with van der Waals surface area (Å²) in [6.45, 7) is 2.17. The molecule has 3 aromatic carbocycles. The molecule has 4 rings (SSSR count). The number of benzene rings is 3. The minimum atomic E-state index is 0.995. The molecule has 1 nitrogen and oxygen atoms in total. The number of para-hydroxylation sites is 1. The predicted octanol–water partition coefficient (Wildman–Crippen LogP) is 5.30. The number of fused-ring (bicyclic) bond motifs is 5. The van der Waals surface area contributed by atoms with Crippen LogP contribution in [0.25, 0.3) is 32.7 Å². The largest absolute Gasteiger partial charge is 0.455 e. The summed E-state index contributed by atoms with van der Waals surface area (Å²) in [6, 6.07) is 19.1. The molecule has 0 spiro atoms. The zero-order valence-electron chi connectivity index (χ0n) is 10.8. The van der Waals surface area contributed by atoms with Crippen molar-refractivity contribution < 1.29 is 4.42 Å². The lowest BCUT2D eigenvalue weighted by Crippen LogP contribution is -1.78. The van der Waals surface area contributed by atoms with Crippen molar-refractivity contribution in [1.29, 1.82) is 0 Å². The minimum absolute atomic E-state index is 0.995. The van der Waals surface area contributed by atoms with Crippen molar-refractivity contribution in [3.8, 4) is 0 Å². The second-order valence-electron chi connectivity index (χ2n) is 4.91. The maximum atomic E-state index is 6.19. The van der Waals surface area contributed by atoms with Crippen LogP contribution in [-0.4, -0.2) is 0 Å². The SMILES string of the molecule is CCc1cccc2c1oc1c3ccccc3ccc21. The summed E-state index contributed by atoms with van der Waals surface area (Å²) in [7, 11) is 0. The Hall–Kier alpha value is -2.28. The molecule has 4 aromatic rings. The quantitative estimate of drug-likeness (QED) is 0.444. The van der Waals surface area contributed by atoms with Gasteiger partial charge in [-0.25, -0.2) is 0 Å². The topological polar surface area (TPSA) is 13.1 Å². The number of hydrogen-bond acceptors (Lipinski definition) is 1. The van der Waals surface area contributed by atoms with Crippen molar-refractivity contribution >= 4 is 32.7 Å². The molecule has 0 aliphatic rings. The van der Waals surface area contributed by atoms with E-state index in [2.05, 4.69) is 61.5 Å². The highest BCUT2D eigenvalue weighted by atomic mass is 16.3. The summed E-state index contributed by atoms with van der Waals surface area (Å²) < 4.78 is 6.19. The molecule has 0 fully saturated rings. The van der Waals surface area contributed by atoms with E-state index < -0.39 is 0 Å². The highest BCUT2D eigenvalue weighted by Crippen LogP contribution is 2.35. The van der Waals surface area contributed by atoms with Gasteiger partial charge in [-0.15, -0.1) is 0 Å². The lowest BCUT2D eigenvalue weighted by Gasteiger charge is -1.97. The Bertz CT molecular complexity index is 899. The normalized spacial score (nSPS) is 11.6. The summed E-state index contributed by atoms with van der Waals surface area (Å²) in [5, 5.41) is 4.86. The monoisotopic (exact) mass is 246 g/mol. The van der Waals surface area contributed by atoms with Crippen LogP contribution in [0.1, 0.15) is 12.5 Å². The molecule has 19 heavy (non-hydrogen) atoms.